The van der Waals surface area contributed by atoms with Crippen molar-refractivity contribution in [2.45, 2.75) is 19.8 Å². The summed E-state index contributed by atoms with van der Waals surface area (Å²) in [6.07, 6.45) is 0. The number of nitriles is 2. The minimum Gasteiger partial charge on any atom is -0.466 e. The Morgan fingerprint density at radius 3 is 2.15 bits per heavy atom. The molecule has 3 rings (SSSR count). The SMILES string of the molecule is COC(=O)C1=C(C(=O)OC)N(c2cc(C#N)c(C)cc2C)C(N)=C(C#N)C1c1ccccc1. The molecule has 8 heteroatoms. The first kappa shape index (κ1) is 23.1. The fraction of sp³-hybridized carbons (Fsp3) is 0.200. The smallest absolute Gasteiger partial charge is 0.355 e. The second kappa shape index (κ2) is 9.29. The number of hydrogen-bond donors (Lipinski definition) is 1. The normalized spacial score (nSPS) is 15.6. The molecule has 0 saturated heterocycles. The summed E-state index contributed by atoms with van der Waals surface area (Å²) in [5, 5.41) is 19.6. The number of benzene rings is 2. The third-order valence-electron chi connectivity index (χ3n) is 5.51. The van der Waals surface area contributed by atoms with Crippen molar-refractivity contribution < 1.29 is 19.1 Å². The summed E-state index contributed by atoms with van der Waals surface area (Å²) in [7, 11) is 2.37. The maximum absolute atomic E-state index is 13.1. The predicted molar refractivity (Wildman–Crippen MR) is 120 cm³/mol. The van der Waals surface area contributed by atoms with Gasteiger partial charge in [-0.2, -0.15) is 10.5 Å². The van der Waals surface area contributed by atoms with Crippen molar-refractivity contribution in [1.29, 1.82) is 10.5 Å². The molecule has 2 aromatic carbocycles. The molecule has 1 aliphatic rings. The van der Waals surface area contributed by atoms with Crippen LogP contribution < -0.4 is 10.6 Å². The van der Waals surface area contributed by atoms with Gasteiger partial charge >= 0.3 is 11.9 Å². The molecule has 0 saturated carbocycles. The Morgan fingerprint density at radius 1 is 0.970 bits per heavy atom. The van der Waals surface area contributed by atoms with E-state index in [2.05, 4.69) is 12.1 Å². The number of rotatable bonds is 4. The summed E-state index contributed by atoms with van der Waals surface area (Å²) in [4.78, 5) is 27.4. The van der Waals surface area contributed by atoms with E-state index in [-0.39, 0.29) is 22.7 Å². The Hall–Kier alpha value is -4.56. The van der Waals surface area contributed by atoms with Crippen molar-refractivity contribution in [3.8, 4) is 12.1 Å². The van der Waals surface area contributed by atoms with Crippen LogP contribution in [0.15, 0.2) is 65.1 Å². The van der Waals surface area contributed by atoms with Crippen LogP contribution in [0.25, 0.3) is 0 Å². The first-order chi connectivity index (χ1) is 15.8. The molecular formula is C25H22N4O4. The number of hydrogen-bond acceptors (Lipinski definition) is 8. The van der Waals surface area contributed by atoms with Crippen molar-refractivity contribution in [3.05, 3.63) is 87.4 Å². The first-order valence-corrected chi connectivity index (χ1v) is 9.97. The second-order valence-electron chi connectivity index (χ2n) is 7.40. The number of anilines is 1. The lowest BCUT2D eigenvalue weighted by Crippen LogP contribution is -2.41. The molecule has 0 amide bonds. The Balaban J connectivity index is 2.47. The zero-order chi connectivity index (χ0) is 24.3. The van der Waals surface area contributed by atoms with E-state index in [1.54, 1.807) is 56.3 Å². The van der Waals surface area contributed by atoms with E-state index in [4.69, 9.17) is 15.2 Å². The Kier molecular flexibility index (Phi) is 6.51. The van der Waals surface area contributed by atoms with E-state index in [9.17, 15) is 20.1 Å². The topological polar surface area (TPSA) is 129 Å². The van der Waals surface area contributed by atoms with Crippen LogP contribution in [-0.4, -0.2) is 26.2 Å². The van der Waals surface area contributed by atoms with Crippen LogP contribution in [0.2, 0.25) is 0 Å². The number of esters is 2. The molecular weight excluding hydrogens is 420 g/mol. The quantitative estimate of drug-likeness (QED) is 0.715. The van der Waals surface area contributed by atoms with Gasteiger partial charge in [-0.25, -0.2) is 9.59 Å². The minimum atomic E-state index is -0.949. The van der Waals surface area contributed by atoms with Crippen molar-refractivity contribution >= 4 is 17.6 Å². The van der Waals surface area contributed by atoms with Gasteiger partial charge in [0.05, 0.1) is 54.7 Å². The number of ether oxygens (including phenoxy) is 2. The number of aryl methyl sites for hydroxylation is 2. The van der Waals surface area contributed by atoms with Crippen LogP contribution in [0.1, 0.15) is 28.2 Å². The lowest BCUT2D eigenvalue weighted by atomic mass is 9.80. The molecule has 0 aromatic heterocycles. The van der Waals surface area contributed by atoms with E-state index in [0.29, 0.717) is 22.4 Å². The molecule has 0 spiro atoms. The molecule has 1 heterocycles. The second-order valence-corrected chi connectivity index (χ2v) is 7.40. The number of carbonyl (C=O) groups is 2. The highest BCUT2D eigenvalue weighted by molar-refractivity contribution is 6.06. The third kappa shape index (κ3) is 3.90. The van der Waals surface area contributed by atoms with Crippen LogP contribution in [0.3, 0.4) is 0 Å². The molecule has 0 radical (unpaired) electrons. The standard InChI is InChI=1S/C25H22N4O4/c1-14-10-15(2)19(11-17(14)12-26)29-22(25(31)33-4)21(24(30)32-3)20(18(13-27)23(29)28)16-8-6-5-7-9-16/h5-11,20H,28H2,1-4H3. The fourth-order valence-corrected chi connectivity index (χ4v) is 3.97. The molecule has 0 bridgehead atoms. The Bertz CT molecular complexity index is 1280. The average molecular weight is 442 g/mol. The number of allylic oxidation sites excluding steroid dienone is 1. The molecule has 166 valence electrons. The molecule has 2 aromatic rings. The van der Waals surface area contributed by atoms with Gasteiger partial charge < -0.3 is 15.2 Å². The molecule has 1 atom stereocenters. The van der Waals surface area contributed by atoms with Gasteiger partial charge in [0.15, 0.2) is 0 Å². The Morgan fingerprint density at radius 2 is 1.61 bits per heavy atom. The summed E-state index contributed by atoms with van der Waals surface area (Å²) < 4.78 is 10.0. The zero-order valence-electron chi connectivity index (χ0n) is 18.7. The van der Waals surface area contributed by atoms with Crippen LogP contribution in [0.5, 0.6) is 0 Å². The van der Waals surface area contributed by atoms with E-state index < -0.39 is 17.9 Å². The van der Waals surface area contributed by atoms with Crippen molar-refractivity contribution in [2.75, 3.05) is 19.1 Å². The first-order valence-electron chi connectivity index (χ1n) is 9.97. The highest BCUT2D eigenvalue weighted by Gasteiger charge is 2.43. The van der Waals surface area contributed by atoms with E-state index >= 15 is 0 Å². The molecule has 8 nitrogen and oxygen atoms in total. The molecule has 1 aliphatic heterocycles. The van der Waals surface area contributed by atoms with Crippen LogP contribution >= 0.6 is 0 Å². The average Bonchev–Trinajstić information content (AvgIpc) is 2.83. The van der Waals surface area contributed by atoms with Crippen molar-refractivity contribution in [3.63, 3.8) is 0 Å². The van der Waals surface area contributed by atoms with Gasteiger partial charge in [0.2, 0.25) is 0 Å². The maximum atomic E-state index is 13.1. The van der Waals surface area contributed by atoms with Crippen LogP contribution in [-0.2, 0) is 19.1 Å². The molecule has 1 unspecified atom stereocenters. The summed E-state index contributed by atoms with van der Waals surface area (Å²) in [5.74, 6) is -2.64. The number of nitrogens with two attached hydrogens (primary N) is 1. The van der Waals surface area contributed by atoms with Crippen LogP contribution in [0, 0.1) is 36.5 Å². The summed E-state index contributed by atoms with van der Waals surface area (Å²) in [6, 6.07) is 16.3. The van der Waals surface area contributed by atoms with Crippen molar-refractivity contribution in [2.24, 2.45) is 5.73 Å². The van der Waals surface area contributed by atoms with Gasteiger partial charge in [-0.05, 0) is 36.6 Å². The third-order valence-corrected chi connectivity index (χ3v) is 5.51. The zero-order valence-corrected chi connectivity index (χ0v) is 18.7. The van der Waals surface area contributed by atoms with Gasteiger partial charge in [0, 0.05) is 0 Å². The van der Waals surface area contributed by atoms with Gasteiger partial charge in [-0.15, -0.1) is 0 Å². The van der Waals surface area contributed by atoms with Gasteiger partial charge in [0.25, 0.3) is 0 Å². The summed E-state index contributed by atoms with van der Waals surface area (Å²) >= 11 is 0. The number of carbonyl (C=O) groups excluding carboxylic acids is 2. The van der Waals surface area contributed by atoms with E-state index in [0.717, 1.165) is 5.56 Å². The minimum absolute atomic E-state index is 0.0461. The van der Waals surface area contributed by atoms with Gasteiger partial charge in [0.1, 0.15) is 11.5 Å². The number of methoxy groups -OCH3 is 2. The van der Waals surface area contributed by atoms with Crippen molar-refractivity contribution in [1.82, 2.24) is 0 Å². The predicted octanol–water partition coefficient (Wildman–Crippen LogP) is 3.07. The molecule has 33 heavy (non-hydrogen) atoms. The lowest BCUT2D eigenvalue weighted by molar-refractivity contribution is -0.139. The lowest BCUT2D eigenvalue weighted by Gasteiger charge is -2.36. The van der Waals surface area contributed by atoms with E-state index in [1.807, 2.05) is 0 Å². The molecule has 0 aliphatic carbocycles. The molecule has 2 N–H and O–H groups in total. The van der Waals surface area contributed by atoms with E-state index in [1.165, 1.54) is 19.1 Å². The summed E-state index contributed by atoms with van der Waals surface area (Å²) in [5.41, 5.74) is 9.01. The Labute approximate surface area is 191 Å². The summed E-state index contributed by atoms with van der Waals surface area (Å²) in [6.45, 7) is 3.56. The largest absolute Gasteiger partial charge is 0.466 e. The molecule has 0 fully saturated rings. The van der Waals surface area contributed by atoms with Crippen LogP contribution in [0.4, 0.5) is 5.69 Å². The van der Waals surface area contributed by atoms with Gasteiger partial charge in [-0.1, -0.05) is 36.4 Å². The number of nitrogens with zero attached hydrogens (tertiary/aromatic N) is 3. The van der Waals surface area contributed by atoms with Gasteiger partial charge in [-0.3, -0.25) is 4.90 Å². The fourth-order valence-electron chi connectivity index (χ4n) is 3.97. The highest BCUT2D eigenvalue weighted by atomic mass is 16.5. The monoisotopic (exact) mass is 442 g/mol. The maximum Gasteiger partial charge on any atom is 0.355 e. The highest BCUT2D eigenvalue weighted by Crippen LogP contribution is 2.44.